The smallest absolute Gasteiger partial charge is 0.320 e. The highest BCUT2D eigenvalue weighted by atomic mass is 19.1. The van der Waals surface area contributed by atoms with Crippen LogP contribution >= 0.6 is 0 Å². The summed E-state index contributed by atoms with van der Waals surface area (Å²) in [7, 11) is 0. The number of rotatable bonds is 2. The van der Waals surface area contributed by atoms with Gasteiger partial charge in [-0.2, -0.15) is 0 Å². The molecule has 2 aromatic rings. The second-order valence-electron chi connectivity index (χ2n) is 7.17. The Bertz CT molecular complexity index is 855. The third-order valence-corrected chi connectivity index (χ3v) is 5.33. The minimum atomic E-state index is -0.428. The third kappa shape index (κ3) is 3.72. The lowest BCUT2D eigenvalue weighted by Crippen LogP contribution is -2.54. The van der Waals surface area contributed by atoms with Crippen molar-refractivity contribution in [2.24, 2.45) is 0 Å². The second-order valence-corrected chi connectivity index (χ2v) is 7.17. The predicted octanol–water partition coefficient (Wildman–Crippen LogP) is 2.84. The molecule has 2 saturated heterocycles. The number of hydrogen-bond donors (Lipinski definition) is 0. The zero-order valence-corrected chi connectivity index (χ0v) is 15.6. The van der Waals surface area contributed by atoms with Gasteiger partial charge in [-0.25, -0.2) is 9.18 Å². The van der Waals surface area contributed by atoms with Crippen LogP contribution in [0.25, 0.3) is 11.3 Å². The van der Waals surface area contributed by atoms with Gasteiger partial charge in [-0.3, -0.25) is 4.79 Å². The molecule has 0 atom stereocenters. The van der Waals surface area contributed by atoms with Gasteiger partial charge in [0.05, 0.1) is 5.56 Å². The van der Waals surface area contributed by atoms with Crippen molar-refractivity contribution in [1.82, 2.24) is 19.9 Å². The van der Waals surface area contributed by atoms with Gasteiger partial charge in [0.1, 0.15) is 5.82 Å². The van der Waals surface area contributed by atoms with Crippen LogP contribution in [0.5, 0.6) is 0 Å². The number of piperidine rings is 1. The molecule has 0 bridgehead atoms. The van der Waals surface area contributed by atoms with Crippen LogP contribution in [0.1, 0.15) is 29.8 Å². The average Bonchev–Trinajstić information content (AvgIpc) is 3.24. The normalized spacial score (nSPS) is 17.7. The molecule has 0 unspecified atom stereocenters. The second kappa shape index (κ2) is 8.00. The first-order valence-electron chi connectivity index (χ1n) is 9.68. The van der Waals surface area contributed by atoms with E-state index in [1.54, 1.807) is 23.1 Å². The number of likely N-dealkylation sites (tertiary alicyclic amines) is 1. The van der Waals surface area contributed by atoms with E-state index in [0.29, 0.717) is 26.2 Å². The van der Waals surface area contributed by atoms with Crippen molar-refractivity contribution in [3.63, 3.8) is 0 Å². The molecule has 8 heteroatoms. The van der Waals surface area contributed by atoms with Crippen LogP contribution in [0, 0.1) is 5.82 Å². The number of carbonyl (C=O) groups excluding carboxylic acids is 2. The quantitative estimate of drug-likeness (QED) is 0.796. The zero-order chi connectivity index (χ0) is 19.5. The predicted molar refractivity (Wildman–Crippen MR) is 100 cm³/mol. The Hall–Kier alpha value is -2.90. The fourth-order valence-electron chi connectivity index (χ4n) is 3.71. The standard InChI is InChI=1S/C20H23FN4O3/c21-16-7-3-2-6-15(16)18-14-17(22-28-18)19(26)23-10-12-25(13-11-23)20(27)24-8-4-1-5-9-24/h2-3,6-7,14H,1,4-5,8-13H2. The van der Waals surface area contributed by atoms with Crippen molar-refractivity contribution in [2.75, 3.05) is 39.3 Å². The van der Waals surface area contributed by atoms with Crippen LogP contribution in [0.3, 0.4) is 0 Å². The number of urea groups is 1. The minimum Gasteiger partial charge on any atom is -0.355 e. The molecule has 0 spiro atoms. The molecule has 3 amide bonds. The van der Waals surface area contributed by atoms with Crippen molar-refractivity contribution in [3.8, 4) is 11.3 Å². The molecule has 4 rings (SSSR count). The van der Waals surface area contributed by atoms with Crippen molar-refractivity contribution in [2.45, 2.75) is 19.3 Å². The number of nitrogens with zero attached hydrogens (tertiary/aromatic N) is 4. The maximum Gasteiger partial charge on any atom is 0.320 e. The van der Waals surface area contributed by atoms with Crippen molar-refractivity contribution in [1.29, 1.82) is 0 Å². The molecule has 2 aliphatic rings. The van der Waals surface area contributed by atoms with E-state index in [9.17, 15) is 14.0 Å². The maximum absolute atomic E-state index is 13.9. The Morgan fingerprint density at radius 1 is 0.893 bits per heavy atom. The molecular formula is C20H23FN4O3. The molecule has 2 aliphatic heterocycles. The summed E-state index contributed by atoms with van der Waals surface area (Å²) in [6, 6.07) is 7.72. The van der Waals surface area contributed by atoms with E-state index in [0.717, 1.165) is 25.9 Å². The van der Waals surface area contributed by atoms with Crippen LogP contribution in [0.2, 0.25) is 0 Å². The van der Waals surface area contributed by atoms with E-state index in [4.69, 9.17) is 4.52 Å². The van der Waals surface area contributed by atoms with Crippen LogP contribution in [0.15, 0.2) is 34.9 Å². The largest absolute Gasteiger partial charge is 0.355 e. The van der Waals surface area contributed by atoms with Gasteiger partial charge >= 0.3 is 6.03 Å². The molecule has 7 nitrogen and oxygen atoms in total. The summed E-state index contributed by atoms with van der Waals surface area (Å²) < 4.78 is 19.1. The molecule has 0 N–H and O–H groups in total. The Morgan fingerprint density at radius 3 is 2.25 bits per heavy atom. The van der Waals surface area contributed by atoms with E-state index >= 15 is 0 Å². The lowest BCUT2D eigenvalue weighted by Gasteiger charge is -2.38. The summed E-state index contributed by atoms with van der Waals surface area (Å²) in [5, 5.41) is 3.81. The van der Waals surface area contributed by atoms with Crippen LogP contribution in [-0.2, 0) is 0 Å². The third-order valence-electron chi connectivity index (χ3n) is 5.33. The molecule has 1 aromatic carbocycles. The number of carbonyl (C=O) groups is 2. The van der Waals surface area contributed by atoms with Gasteiger partial charge in [0.15, 0.2) is 11.5 Å². The molecule has 0 radical (unpaired) electrons. The van der Waals surface area contributed by atoms with Crippen molar-refractivity contribution < 1.29 is 18.5 Å². The molecular weight excluding hydrogens is 363 g/mol. The molecule has 2 fully saturated rings. The summed E-state index contributed by atoms with van der Waals surface area (Å²) in [6.45, 7) is 3.52. The highest BCUT2D eigenvalue weighted by Crippen LogP contribution is 2.24. The average molecular weight is 386 g/mol. The van der Waals surface area contributed by atoms with E-state index < -0.39 is 5.82 Å². The molecule has 0 saturated carbocycles. The van der Waals surface area contributed by atoms with E-state index in [2.05, 4.69) is 5.16 Å². The topological polar surface area (TPSA) is 69.9 Å². The monoisotopic (exact) mass is 386 g/mol. The summed E-state index contributed by atoms with van der Waals surface area (Å²) in [5.74, 6) is -0.473. The van der Waals surface area contributed by atoms with Crippen molar-refractivity contribution in [3.05, 3.63) is 41.8 Å². The first kappa shape index (κ1) is 18.5. The Labute approximate surface area is 162 Å². The van der Waals surface area contributed by atoms with E-state index in [1.165, 1.54) is 18.6 Å². The highest BCUT2D eigenvalue weighted by Gasteiger charge is 2.29. The first-order chi connectivity index (χ1) is 13.6. The van der Waals surface area contributed by atoms with Gasteiger partial charge in [-0.15, -0.1) is 0 Å². The Balaban J connectivity index is 1.37. The molecule has 1 aromatic heterocycles. The van der Waals surface area contributed by atoms with Crippen LogP contribution < -0.4 is 0 Å². The number of hydrogen-bond acceptors (Lipinski definition) is 4. The fourth-order valence-corrected chi connectivity index (χ4v) is 3.71. The number of halogens is 1. The fraction of sp³-hybridized carbons (Fsp3) is 0.450. The van der Waals surface area contributed by atoms with Crippen molar-refractivity contribution >= 4 is 11.9 Å². The number of piperazine rings is 1. The van der Waals surface area contributed by atoms with Crippen LogP contribution in [-0.4, -0.2) is 71.1 Å². The van der Waals surface area contributed by atoms with Gasteiger partial charge < -0.3 is 19.2 Å². The van der Waals surface area contributed by atoms with E-state index in [-0.39, 0.29) is 29.0 Å². The van der Waals surface area contributed by atoms with Crippen LogP contribution in [0.4, 0.5) is 9.18 Å². The Kier molecular flexibility index (Phi) is 5.27. The van der Waals surface area contributed by atoms with E-state index in [1.807, 2.05) is 9.80 Å². The summed E-state index contributed by atoms with van der Waals surface area (Å²) >= 11 is 0. The zero-order valence-electron chi connectivity index (χ0n) is 15.6. The Morgan fingerprint density at radius 2 is 1.54 bits per heavy atom. The molecule has 28 heavy (non-hydrogen) atoms. The van der Waals surface area contributed by atoms with Gasteiger partial charge in [-0.05, 0) is 31.4 Å². The first-order valence-corrected chi connectivity index (χ1v) is 9.68. The summed E-state index contributed by atoms with van der Waals surface area (Å²) in [5.41, 5.74) is 0.417. The number of aromatic nitrogens is 1. The molecule has 3 heterocycles. The summed E-state index contributed by atoms with van der Waals surface area (Å²) in [4.78, 5) is 30.6. The number of amides is 3. The lowest BCUT2D eigenvalue weighted by molar-refractivity contribution is 0.0623. The van der Waals surface area contributed by atoms with Gasteiger partial charge in [0, 0.05) is 45.3 Å². The van der Waals surface area contributed by atoms with Gasteiger partial charge in [0.25, 0.3) is 5.91 Å². The molecule has 148 valence electrons. The maximum atomic E-state index is 13.9. The SMILES string of the molecule is O=C(c1cc(-c2ccccc2F)on1)N1CCN(C(=O)N2CCCCC2)CC1. The minimum absolute atomic E-state index is 0.0649. The number of benzene rings is 1. The highest BCUT2D eigenvalue weighted by molar-refractivity contribution is 5.93. The lowest BCUT2D eigenvalue weighted by atomic mass is 10.1. The molecule has 0 aliphatic carbocycles. The van der Waals surface area contributed by atoms with Gasteiger partial charge in [-0.1, -0.05) is 17.3 Å². The summed E-state index contributed by atoms with van der Waals surface area (Å²) in [6.07, 6.45) is 3.29. The van der Waals surface area contributed by atoms with Gasteiger partial charge in [0.2, 0.25) is 0 Å².